The van der Waals surface area contributed by atoms with Crippen molar-refractivity contribution in [2.24, 2.45) is 7.05 Å². The van der Waals surface area contributed by atoms with Crippen LogP contribution in [0.3, 0.4) is 0 Å². The van der Waals surface area contributed by atoms with Crippen LogP contribution in [0.5, 0.6) is 0 Å². The Kier molecular flexibility index (Phi) is 6.75. The van der Waals surface area contributed by atoms with E-state index in [0.717, 1.165) is 16.8 Å². The van der Waals surface area contributed by atoms with Gasteiger partial charge in [-0.05, 0) is 29.9 Å². The lowest BCUT2D eigenvalue weighted by Crippen LogP contribution is -2.50. The Bertz CT molecular complexity index is 1080. The number of hydrogen-bond acceptors (Lipinski definition) is 4. The van der Waals surface area contributed by atoms with Crippen molar-refractivity contribution in [2.75, 3.05) is 36.9 Å². The van der Waals surface area contributed by atoms with Gasteiger partial charge in [0, 0.05) is 56.6 Å². The smallest absolute Gasteiger partial charge is 0.264 e. The number of nitrogens with one attached hydrogen (secondary N) is 1. The highest BCUT2D eigenvalue weighted by molar-refractivity contribution is 9.10. The molecule has 1 aliphatic heterocycles. The number of rotatable bonds is 4. The van der Waals surface area contributed by atoms with Crippen LogP contribution >= 0.6 is 15.9 Å². The second-order valence-corrected chi connectivity index (χ2v) is 8.30. The van der Waals surface area contributed by atoms with Crippen LogP contribution < -0.4 is 15.8 Å². The van der Waals surface area contributed by atoms with E-state index < -0.39 is 45.1 Å². The number of aryl methyl sites for hydroxylation is 1. The number of likely N-dealkylation sites (N-methyl/N-ethyl adjacent to an activating group) is 1. The van der Waals surface area contributed by atoms with Gasteiger partial charge in [0.05, 0.1) is 15.7 Å². The fourth-order valence-electron chi connectivity index (χ4n) is 3.41. The minimum absolute atomic E-state index is 0.0844. The van der Waals surface area contributed by atoms with E-state index in [1.807, 2.05) is 14.0 Å². The minimum atomic E-state index is -3.09. The summed E-state index contributed by atoms with van der Waals surface area (Å²) in [6.45, 7) is 3.48. The number of alkyl halides is 2. The molecule has 2 aromatic rings. The zero-order valence-corrected chi connectivity index (χ0v) is 18.6. The Morgan fingerprint density at radius 3 is 2.52 bits per heavy atom. The Morgan fingerprint density at radius 2 is 1.90 bits per heavy atom. The number of anilines is 2. The van der Waals surface area contributed by atoms with Crippen molar-refractivity contribution in [2.45, 2.75) is 19.4 Å². The molecule has 0 bridgehead atoms. The minimum Gasteiger partial charge on any atom is -0.367 e. The summed E-state index contributed by atoms with van der Waals surface area (Å²) in [6, 6.07) is 1.84. The molecular weight excluding hydrogens is 484 g/mol. The first kappa shape index (κ1) is 23.3. The third-order valence-electron chi connectivity index (χ3n) is 5.42. The molecule has 1 fully saturated rings. The van der Waals surface area contributed by atoms with E-state index in [4.69, 9.17) is 0 Å². The van der Waals surface area contributed by atoms with Crippen LogP contribution in [0.2, 0.25) is 0 Å². The molecule has 1 aliphatic rings. The van der Waals surface area contributed by atoms with Gasteiger partial charge in [-0.3, -0.25) is 9.59 Å². The van der Waals surface area contributed by atoms with Gasteiger partial charge in [0.1, 0.15) is 11.5 Å². The van der Waals surface area contributed by atoms with Crippen LogP contribution in [0.25, 0.3) is 0 Å². The molecule has 1 aromatic heterocycles. The number of carbonyl (C=O) groups is 1. The van der Waals surface area contributed by atoms with Gasteiger partial charge in [-0.1, -0.05) is 0 Å². The molecule has 0 aliphatic carbocycles. The topological polar surface area (TPSA) is 57.6 Å². The highest BCUT2D eigenvalue weighted by Crippen LogP contribution is 2.37. The lowest BCUT2D eigenvalue weighted by Gasteiger charge is -2.39. The van der Waals surface area contributed by atoms with Crippen molar-refractivity contribution in [3.05, 3.63) is 55.9 Å². The summed E-state index contributed by atoms with van der Waals surface area (Å²) in [7, 11) is 3.24. The molecule has 6 nitrogen and oxygen atoms in total. The lowest BCUT2D eigenvalue weighted by atomic mass is 10.1. The quantitative estimate of drug-likeness (QED) is 0.508. The first-order valence-electron chi connectivity index (χ1n) is 9.44. The van der Waals surface area contributed by atoms with Crippen LogP contribution in [0.4, 0.5) is 28.9 Å². The molecule has 1 atom stereocenters. The molecule has 0 radical (unpaired) electrons. The number of hydrogen-bond donors (Lipinski definition) is 1. The molecule has 11 heteroatoms. The second-order valence-electron chi connectivity index (χ2n) is 7.50. The Morgan fingerprint density at radius 1 is 1.23 bits per heavy atom. The van der Waals surface area contributed by atoms with Crippen LogP contribution in [0, 0.1) is 11.6 Å². The van der Waals surface area contributed by atoms with Crippen molar-refractivity contribution >= 4 is 33.2 Å². The van der Waals surface area contributed by atoms with E-state index in [2.05, 4.69) is 26.1 Å². The summed E-state index contributed by atoms with van der Waals surface area (Å²) < 4.78 is 56.6. The summed E-state index contributed by atoms with van der Waals surface area (Å²) >= 11 is 2.82. The number of pyridine rings is 1. The van der Waals surface area contributed by atoms with E-state index in [9.17, 15) is 27.2 Å². The number of halogens is 5. The maximum atomic E-state index is 15.0. The van der Waals surface area contributed by atoms with Crippen LogP contribution in [-0.2, 0) is 7.05 Å². The first-order chi connectivity index (χ1) is 14.5. The standard InChI is InChI=1S/C20H21BrF4N4O2/c1-10-8-29(5-4-27(10)2)14-7-13(22)16(21)17(23)18(14)26-20(31)12-9-28(3)15(30)6-11(12)19(24)25/h6-7,9-10,19H,4-5,8H2,1-3H3,(H,26,31)/t10-/m0/s1. The predicted molar refractivity (Wildman–Crippen MR) is 113 cm³/mol. The number of nitrogens with zero attached hydrogens (tertiary/aromatic N) is 3. The van der Waals surface area contributed by atoms with E-state index >= 15 is 0 Å². The van der Waals surface area contributed by atoms with Gasteiger partial charge in [0.15, 0.2) is 5.82 Å². The summed E-state index contributed by atoms with van der Waals surface area (Å²) in [5, 5.41) is 2.31. The van der Waals surface area contributed by atoms with E-state index in [0.29, 0.717) is 25.7 Å². The Balaban J connectivity index is 2.06. The van der Waals surface area contributed by atoms with Crippen LogP contribution in [0.1, 0.15) is 29.3 Å². The number of aromatic nitrogens is 1. The number of piperazine rings is 1. The van der Waals surface area contributed by atoms with E-state index in [-0.39, 0.29) is 17.4 Å². The largest absolute Gasteiger partial charge is 0.367 e. The summed E-state index contributed by atoms with van der Waals surface area (Å²) in [5.41, 5.74) is -2.18. The third kappa shape index (κ3) is 4.62. The predicted octanol–water partition coefficient (Wildman–Crippen LogP) is 3.76. The van der Waals surface area contributed by atoms with E-state index in [1.54, 1.807) is 4.90 Å². The number of amides is 1. The van der Waals surface area contributed by atoms with Crippen molar-refractivity contribution < 1.29 is 22.4 Å². The van der Waals surface area contributed by atoms with Crippen molar-refractivity contribution in [1.82, 2.24) is 9.47 Å². The third-order valence-corrected chi connectivity index (χ3v) is 6.15. The molecule has 0 unspecified atom stereocenters. The number of benzene rings is 1. The molecule has 2 heterocycles. The van der Waals surface area contributed by atoms with Crippen LogP contribution in [0.15, 0.2) is 27.6 Å². The molecular formula is C20H21BrF4N4O2. The monoisotopic (exact) mass is 504 g/mol. The highest BCUT2D eigenvalue weighted by Gasteiger charge is 2.28. The molecule has 1 amide bonds. The van der Waals surface area contributed by atoms with Crippen molar-refractivity contribution in [1.29, 1.82) is 0 Å². The van der Waals surface area contributed by atoms with Crippen molar-refractivity contribution in [3.8, 4) is 0 Å². The fraction of sp³-hybridized carbons (Fsp3) is 0.400. The van der Waals surface area contributed by atoms with Gasteiger partial charge in [-0.25, -0.2) is 17.6 Å². The van der Waals surface area contributed by atoms with Gasteiger partial charge in [0.25, 0.3) is 17.9 Å². The maximum absolute atomic E-state index is 15.0. The molecule has 1 saturated heterocycles. The van der Waals surface area contributed by atoms with Gasteiger partial charge in [0.2, 0.25) is 0 Å². The molecule has 0 spiro atoms. The number of carbonyl (C=O) groups excluding carboxylic acids is 1. The highest BCUT2D eigenvalue weighted by atomic mass is 79.9. The molecule has 3 rings (SSSR count). The molecule has 0 saturated carbocycles. The van der Waals surface area contributed by atoms with Gasteiger partial charge in [-0.2, -0.15) is 0 Å². The first-order valence-corrected chi connectivity index (χ1v) is 10.2. The molecule has 168 valence electrons. The van der Waals surface area contributed by atoms with Gasteiger partial charge < -0.3 is 19.7 Å². The van der Waals surface area contributed by atoms with Gasteiger partial charge in [-0.15, -0.1) is 0 Å². The maximum Gasteiger partial charge on any atom is 0.264 e. The Labute approximate surface area is 184 Å². The normalized spacial score (nSPS) is 17.3. The SMILES string of the molecule is C[C@H]1CN(c2cc(F)c(Br)c(F)c2NC(=O)c2cn(C)c(=O)cc2C(F)F)CCN1C. The van der Waals surface area contributed by atoms with E-state index in [1.165, 1.54) is 7.05 Å². The summed E-state index contributed by atoms with van der Waals surface area (Å²) in [4.78, 5) is 28.4. The fourth-order valence-corrected chi connectivity index (χ4v) is 3.73. The zero-order chi connectivity index (χ0) is 23.0. The van der Waals surface area contributed by atoms with Gasteiger partial charge >= 0.3 is 0 Å². The molecule has 31 heavy (non-hydrogen) atoms. The van der Waals surface area contributed by atoms with Crippen molar-refractivity contribution in [3.63, 3.8) is 0 Å². The lowest BCUT2D eigenvalue weighted by molar-refractivity contribution is 0.101. The zero-order valence-electron chi connectivity index (χ0n) is 17.1. The molecule has 1 N–H and O–H groups in total. The second kappa shape index (κ2) is 8.99. The molecule has 1 aromatic carbocycles. The average molecular weight is 505 g/mol. The summed E-state index contributed by atoms with van der Waals surface area (Å²) in [5.74, 6) is -2.95. The van der Waals surface area contributed by atoms with Crippen LogP contribution in [-0.4, -0.2) is 48.1 Å². The Hall–Kier alpha value is -2.40. The summed E-state index contributed by atoms with van der Waals surface area (Å²) in [6.07, 6.45) is -2.12. The average Bonchev–Trinajstić information content (AvgIpc) is 2.71.